The Morgan fingerprint density at radius 2 is 2.05 bits per heavy atom. The molecule has 0 atom stereocenters. The normalized spacial score (nSPS) is 16.0. The third-order valence-electron chi connectivity index (χ3n) is 3.71. The lowest BCUT2D eigenvalue weighted by Gasteiger charge is -2.30. The quantitative estimate of drug-likeness (QED) is 0.656. The Bertz CT molecular complexity index is 540. The van der Waals surface area contributed by atoms with Crippen LogP contribution in [0, 0.1) is 12.8 Å². The van der Waals surface area contributed by atoms with Crippen LogP contribution in [0.5, 0.6) is 0 Å². The van der Waals surface area contributed by atoms with Crippen LogP contribution in [0.1, 0.15) is 18.4 Å². The molecule has 5 nitrogen and oxygen atoms in total. The molecule has 0 bridgehead atoms. The topological polar surface area (TPSA) is 83.6 Å². The van der Waals surface area contributed by atoms with Crippen molar-refractivity contribution in [2.24, 2.45) is 5.92 Å². The van der Waals surface area contributed by atoms with Crippen molar-refractivity contribution in [2.75, 3.05) is 24.6 Å². The van der Waals surface area contributed by atoms with Crippen molar-refractivity contribution in [3.8, 4) is 0 Å². The minimum Gasteiger partial charge on any atom is -0.481 e. The number of nitrogens with zero attached hydrogens (tertiary/aromatic N) is 1. The summed E-state index contributed by atoms with van der Waals surface area (Å²) in [5.41, 5.74) is 7.71. The maximum Gasteiger partial charge on any atom is 0.306 e. The van der Waals surface area contributed by atoms with Gasteiger partial charge in [0.15, 0.2) is 0 Å². The first kappa shape index (κ1) is 15.7. The Labute approximate surface area is 128 Å². The zero-order valence-electron chi connectivity index (χ0n) is 12.0. The van der Waals surface area contributed by atoms with E-state index in [2.05, 4.69) is 0 Å². The molecule has 114 valence electrons. The van der Waals surface area contributed by atoms with Crippen LogP contribution in [0.3, 0.4) is 0 Å². The number of carboxylic acid groups (broad SMARTS) is 1. The first-order valence-corrected chi connectivity index (χ1v) is 7.95. The molecule has 1 aromatic carbocycles. The van der Waals surface area contributed by atoms with Crippen LogP contribution in [0.25, 0.3) is 0 Å². The minimum absolute atomic E-state index is 0.0452. The van der Waals surface area contributed by atoms with Crippen molar-refractivity contribution in [1.82, 2.24) is 4.90 Å². The number of anilines is 1. The van der Waals surface area contributed by atoms with Crippen molar-refractivity contribution in [3.05, 3.63) is 23.8 Å². The van der Waals surface area contributed by atoms with Gasteiger partial charge in [-0.3, -0.25) is 9.59 Å². The van der Waals surface area contributed by atoms with E-state index in [9.17, 15) is 9.59 Å². The standard InChI is InChI=1S/C15H20N2O3S/c1-10-2-3-13(12(16)8-10)21-9-14(18)17-6-4-11(5-7-17)15(19)20/h2-3,8,11H,4-7,9,16H2,1H3,(H,19,20). The Balaban J connectivity index is 1.84. The van der Waals surface area contributed by atoms with Crippen LogP contribution in [0.2, 0.25) is 0 Å². The summed E-state index contributed by atoms with van der Waals surface area (Å²) in [6, 6.07) is 5.80. The summed E-state index contributed by atoms with van der Waals surface area (Å²) < 4.78 is 0. The number of nitrogen functional groups attached to an aromatic ring is 1. The van der Waals surface area contributed by atoms with E-state index in [0.717, 1.165) is 10.5 Å². The molecule has 2 rings (SSSR count). The fourth-order valence-corrected chi connectivity index (χ4v) is 3.26. The highest BCUT2D eigenvalue weighted by Crippen LogP contribution is 2.26. The Kier molecular flexibility index (Phi) is 5.12. The molecule has 1 aliphatic heterocycles. The number of carboxylic acids is 1. The largest absolute Gasteiger partial charge is 0.481 e. The molecule has 1 fully saturated rings. The van der Waals surface area contributed by atoms with E-state index in [4.69, 9.17) is 10.8 Å². The number of aliphatic carboxylic acids is 1. The number of aryl methyl sites for hydroxylation is 1. The summed E-state index contributed by atoms with van der Waals surface area (Å²) in [6.07, 6.45) is 1.08. The Morgan fingerprint density at radius 1 is 1.38 bits per heavy atom. The van der Waals surface area contributed by atoms with Crippen LogP contribution in [0.4, 0.5) is 5.69 Å². The van der Waals surface area contributed by atoms with Crippen LogP contribution in [-0.2, 0) is 9.59 Å². The van der Waals surface area contributed by atoms with E-state index in [1.165, 1.54) is 11.8 Å². The first-order valence-electron chi connectivity index (χ1n) is 6.97. The van der Waals surface area contributed by atoms with Crippen molar-refractivity contribution >= 4 is 29.3 Å². The van der Waals surface area contributed by atoms with Crippen molar-refractivity contribution < 1.29 is 14.7 Å². The maximum absolute atomic E-state index is 12.1. The Hall–Kier alpha value is -1.69. The number of amides is 1. The molecule has 0 radical (unpaired) electrons. The highest BCUT2D eigenvalue weighted by atomic mass is 32.2. The molecule has 0 saturated carbocycles. The highest BCUT2D eigenvalue weighted by molar-refractivity contribution is 8.00. The van der Waals surface area contributed by atoms with Crippen molar-refractivity contribution in [3.63, 3.8) is 0 Å². The molecule has 0 spiro atoms. The molecule has 21 heavy (non-hydrogen) atoms. The van der Waals surface area contributed by atoms with E-state index in [0.29, 0.717) is 37.4 Å². The van der Waals surface area contributed by atoms with E-state index >= 15 is 0 Å². The third kappa shape index (κ3) is 4.14. The molecule has 0 aromatic heterocycles. The summed E-state index contributed by atoms with van der Waals surface area (Å²) in [5, 5.41) is 8.95. The Morgan fingerprint density at radius 3 is 2.62 bits per heavy atom. The zero-order chi connectivity index (χ0) is 15.4. The number of benzene rings is 1. The second kappa shape index (κ2) is 6.85. The highest BCUT2D eigenvalue weighted by Gasteiger charge is 2.26. The van der Waals surface area contributed by atoms with E-state index in [1.54, 1.807) is 4.90 Å². The molecular formula is C15H20N2O3S. The van der Waals surface area contributed by atoms with Gasteiger partial charge in [-0.2, -0.15) is 0 Å². The summed E-state index contributed by atoms with van der Waals surface area (Å²) in [4.78, 5) is 25.7. The SMILES string of the molecule is Cc1ccc(SCC(=O)N2CCC(C(=O)O)CC2)c(N)c1. The molecule has 0 aliphatic carbocycles. The third-order valence-corrected chi connectivity index (χ3v) is 4.79. The second-order valence-electron chi connectivity index (χ2n) is 5.32. The molecule has 1 amide bonds. The van der Waals surface area contributed by atoms with Crippen molar-refractivity contribution in [1.29, 1.82) is 0 Å². The number of hydrogen-bond acceptors (Lipinski definition) is 4. The molecule has 1 saturated heterocycles. The minimum atomic E-state index is -0.760. The molecular weight excluding hydrogens is 288 g/mol. The van der Waals surface area contributed by atoms with Gasteiger partial charge in [0.05, 0.1) is 11.7 Å². The molecule has 1 aromatic rings. The lowest BCUT2D eigenvalue weighted by atomic mass is 9.97. The maximum atomic E-state index is 12.1. The van der Waals surface area contributed by atoms with Gasteiger partial charge in [-0.05, 0) is 37.5 Å². The van der Waals surface area contributed by atoms with Gasteiger partial charge in [0, 0.05) is 23.7 Å². The summed E-state index contributed by atoms with van der Waals surface area (Å²) >= 11 is 1.43. The number of rotatable bonds is 4. The van der Waals surface area contributed by atoms with Gasteiger partial charge < -0.3 is 15.7 Å². The number of piperidine rings is 1. The fourth-order valence-electron chi connectivity index (χ4n) is 2.41. The summed E-state index contributed by atoms with van der Waals surface area (Å²) in [6.45, 7) is 3.03. The molecule has 1 heterocycles. The number of carbonyl (C=O) groups excluding carboxylic acids is 1. The van der Waals surface area contributed by atoms with E-state index < -0.39 is 5.97 Å². The monoisotopic (exact) mass is 308 g/mol. The number of hydrogen-bond donors (Lipinski definition) is 2. The van der Waals surface area contributed by atoms with Crippen molar-refractivity contribution in [2.45, 2.75) is 24.7 Å². The number of likely N-dealkylation sites (tertiary alicyclic amines) is 1. The lowest BCUT2D eigenvalue weighted by molar-refractivity contribution is -0.145. The molecule has 0 unspecified atom stereocenters. The van der Waals surface area contributed by atoms with Crippen LogP contribution in [-0.4, -0.2) is 40.7 Å². The van der Waals surface area contributed by atoms with Gasteiger partial charge in [-0.1, -0.05) is 6.07 Å². The van der Waals surface area contributed by atoms with Gasteiger partial charge >= 0.3 is 5.97 Å². The van der Waals surface area contributed by atoms with Crippen LogP contribution < -0.4 is 5.73 Å². The molecule has 1 aliphatic rings. The van der Waals surface area contributed by atoms with E-state index in [1.807, 2.05) is 25.1 Å². The lowest BCUT2D eigenvalue weighted by Crippen LogP contribution is -2.41. The van der Waals surface area contributed by atoms with Gasteiger partial charge in [-0.15, -0.1) is 11.8 Å². The zero-order valence-corrected chi connectivity index (χ0v) is 12.9. The molecule has 3 N–H and O–H groups in total. The second-order valence-corrected chi connectivity index (χ2v) is 6.34. The summed E-state index contributed by atoms with van der Waals surface area (Å²) in [5.74, 6) is -0.687. The van der Waals surface area contributed by atoms with E-state index in [-0.39, 0.29) is 11.8 Å². The summed E-state index contributed by atoms with van der Waals surface area (Å²) in [7, 11) is 0. The van der Waals surface area contributed by atoms with Crippen LogP contribution in [0.15, 0.2) is 23.1 Å². The average Bonchev–Trinajstić information content (AvgIpc) is 2.46. The number of thioether (sulfide) groups is 1. The number of nitrogens with two attached hydrogens (primary N) is 1. The smallest absolute Gasteiger partial charge is 0.306 e. The van der Waals surface area contributed by atoms with Gasteiger partial charge in [0.1, 0.15) is 0 Å². The molecule has 6 heteroatoms. The van der Waals surface area contributed by atoms with Gasteiger partial charge in [0.25, 0.3) is 0 Å². The average molecular weight is 308 g/mol. The van der Waals surface area contributed by atoms with Gasteiger partial charge in [0.2, 0.25) is 5.91 Å². The predicted octanol–water partition coefficient (Wildman–Crippen LogP) is 1.99. The number of carbonyl (C=O) groups is 2. The predicted molar refractivity (Wildman–Crippen MR) is 83.3 cm³/mol. The van der Waals surface area contributed by atoms with Gasteiger partial charge in [-0.25, -0.2) is 0 Å². The van der Waals surface area contributed by atoms with Crippen LogP contribution >= 0.6 is 11.8 Å². The fraction of sp³-hybridized carbons (Fsp3) is 0.467. The first-order chi connectivity index (χ1) is 9.97.